The van der Waals surface area contributed by atoms with Gasteiger partial charge in [-0.1, -0.05) is 6.07 Å². The van der Waals surface area contributed by atoms with E-state index in [4.69, 9.17) is 15.2 Å². The van der Waals surface area contributed by atoms with Crippen LogP contribution in [0.5, 0.6) is 5.75 Å². The molecule has 5 nitrogen and oxygen atoms in total. The van der Waals surface area contributed by atoms with E-state index in [-0.39, 0.29) is 13.2 Å². The zero-order valence-corrected chi connectivity index (χ0v) is 11.8. The maximum Gasteiger partial charge on any atom is 0.119 e. The lowest BCUT2D eigenvalue weighted by Crippen LogP contribution is -2.24. The number of ether oxygens (including phenoxy) is 2. The van der Waals surface area contributed by atoms with Crippen LogP contribution in [0.25, 0.3) is 0 Å². The van der Waals surface area contributed by atoms with Gasteiger partial charge >= 0.3 is 0 Å². The van der Waals surface area contributed by atoms with Gasteiger partial charge in [-0.2, -0.15) is 0 Å². The van der Waals surface area contributed by atoms with Gasteiger partial charge in [-0.3, -0.25) is 4.98 Å². The molecule has 3 N–H and O–H groups in total. The van der Waals surface area contributed by atoms with Crippen molar-refractivity contribution in [3.05, 3.63) is 54.4 Å². The van der Waals surface area contributed by atoms with Gasteiger partial charge < -0.3 is 20.3 Å². The fourth-order valence-electron chi connectivity index (χ4n) is 1.75. The van der Waals surface area contributed by atoms with Crippen molar-refractivity contribution >= 4 is 5.69 Å². The summed E-state index contributed by atoms with van der Waals surface area (Å²) in [6.45, 7) is 0.950. The lowest BCUT2D eigenvalue weighted by atomic mass is 10.3. The molecule has 0 radical (unpaired) electrons. The molecule has 21 heavy (non-hydrogen) atoms. The fraction of sp³-hybridized carbons (Fsp3) is 0.312. The van der Waals surface area contributed by atoms with Crippen LogP contribution in [0.15, 0.2) is 48.7 Å². The maximum absolute atomic E-state index is 9.77. The van der Waals surface area contributed by atoms with Crippen LogP contribution < -0.4 is 10.5 Å². The first-order valence-electron chi connectivity index (χ1n) is 6.88. The molecule has 2 rings (SSSR count). The van der Waals surface area contributed by atoms with Crippen LogP contribution >= 0.6 is 0 Å². The normalized spacial score (nSPS) is 12.0. The quantitative estimate of drug-likeness (QED) is 0.570. The van der Waals surface area contributed by atoms with Crippen LogP contribution in [-0.4, -0.2) is 36.0 Å². The average Bonchev–Trinajstić information content (AvgIpc) is 2.52. The lowest BCUT2D eigenvalue weighted by Gasteiger charge is -2.13. The van der Waals surface area contributed by atoms with Crippen molar-refractivity contribution in [2.24, 2.45) is 0 Å². The van der Waals surface area contributed by atoms with Gasteiger partial charge in [0.2, 0.25) is 0 Å². The van der Waals surface area contributed by atoms with E-state index in [1.807, 2.05) is 18.2 Å². The number of pyridine rings is 1. The van der Waals surface area contributed by atoms with Crippen molar-refractivity contribution in [3.63, 3.8) is 0 Å². The molecule has 5 heteroatoms. The third kappa shape index (κ3) is 5.81. The zero-order valence-electron chi connectivity index (χ0n) is 11.8. The summed E-state index contributed by atoms with van der Waals surface area (Å²) in [5, 5.41) is 9.77. The minimum Gasteiger partial charge on any atom is -0.491 e. The number of nitrogens with two attached hydrogens (primary N) is 1. The molecule has 0 spiro atoms. The molecule has 0 fully saturated rings. The maximum atomic E-state index is 9.77. The Balaban J connectivity index is 1.59. The van der Waals surface area contributed by atoms with E-state index < -0.39 is 6.10 Å². The number of hydrogen-bond donors (Lipinski definition) is 2. The summed E-state index contributed by atoms with van der Waals surface area (Å²) in [7, 11) is 0. The topological polar surface area (TPSA) is 77.6 Å². The molecule has 1 unspecified atom stereocenters. The summed E-state index contributed by atoms with van der Waals surface area (Å²) in [6.07, 6.45) is 1.82. The van der Waals surface area contributed by atoms with Crippen LogP contribution in [0.1, 0.15) is 5.69 Å². The van der Waals surface area contributed by atoms with Crippen molar-refractivity contribution in [1.29, 1.82) is 0 Å². The van der Waals surface area contributed by atoms with E-state index in [1.54, 1.807) is 30.5 Å². The Labute approximate surface area is 124 Å². The highest BCUT2D eigenvalue weighted by Crippen LogP contribution is 2.13. The predicted octanol–water partition coefficient (Wildman–Crippen LogP) is 1.66. The molecule has 1 aromatic carbocycles. The highest BCUT2D eigenvalue weighted by molar-refractivity contribution is 5.41. The van der Waals surface area contributed by atoms with E-state index >= 15 is 0 Å². The molecule has 0 aliphatic heterocycles. The molecular formula is C16H20N2O3. The predicted molar refractivity (Wildman–Crippen MR) is 81.1 cm³/mol. The molecule has 1 heterocycles. The second-order valence-corrected chi connectivity index (χ2v) is 4.68. The third-order valence-corrected chi connectivity index (χ3v) is 2.86. The van der Waals surface area contributed by atoms with Gasteiger partial charge in [-0.25, -0.2) is 0 Å². The number of rotatable bonds is 8. The molecule has 112 valence electrons. The van der Waals surface area contributed by atoms with Crippen molar-refractivity contribution in [3.8, 4) is 5.75 Å². The number of aliphatic hydroxyl groups is 1. The SMILES string of the molecule is Nc1ccc(OCC(O)COCCc2ccccn2)cc1. The number of nitrogens with zero attached hydrogens (tertiary/aromatic N) is 1. The van der Waals surface area contributed by atoms with Crippen molar-refractivity contribution in [2.45, 2.75) is 12.5 Å². The smallest absolute Gasteiger partial charge is 0.119 e. The first-order chi connectivity index (χ1) is 10.2. The lowest BCUT2D eigenvalue weighted by molar-refractivity contribution is 0.0129. The van der Waals surface area contributed by atoms with Gasteiger partial charge in [0.15, 0.2) is 0 Å². The first kappa shape index (κ1) is 15.3. The summed E-state index contributed by atoms with van der Waals surface area (Å²) in [6, 6.07) is 12.8. The summed E-state index contributed by atoms with van der Waals surface area (Å²) in [4.78, 5) is 4.20. The van der Waals surface area contributed by atoms with Crippen LogP contribution in [0.2, 0.25) is 0 Å². The van der Waals surface area contributed by atoms with Crippen LogP contribution in [0.3, 0.4) is 0 Å². The van der Waals surface area contributed by atoms with Gasteiger partial charge in [0.1, 0.15) is 18.5 Å². The molecule has 0 aliphatic rings. The molecule has 0 bridgehead atoms. The van der Waals surface area contributed by atoms with Crippen molar-refractivity contribution in [1.82, 2.24) is 4.98 Å². The fourth-order valence-corrected chi connectivity index (χ4v) is 1.75. The van der Waals surface area contributed by atoms with Gasteiger partial charge in [-0.05, 0) is 36.4 Å². The van der Waals surface area contributed by atoms with Crippen LogP contribution in [0.4, 0.5) is 5.69 Å². The second kappa shape index (κ2) is 8.24. The molecule has 2 aromatic rings. The Bertz CT molecular complexity index is 517. The van der Waals surface area contributed by atoms with Crippen LogP contribution in [0, 0.1) is 0 Å². The Morgan fingerprint density at radius 3 is 2.62 bits per heavy atom. The molecular weight excluding hydrogens is 268 g/mol. The molecule has 1 aromatic heterocycles. The number of hydrogen-bond acceptors (Lipinski definition) is 5. The minimum absolute atomic E-state index is 0.188. The monoisotopic (exact) mass is 288 g/mol. The summed E-state index contributed by atoms with van der Waals surface area (Å²) < 4.78 is 10.9. The second-order valence-electron chi connectivity index (χ2n) is 4.68. The van der Waals surface area contributed by atoms with Crippen molar-refractivity contribution in [2.75, 3.05) is 25.6 Å². The van der Waals surface area contributed by atoms with E-state index in [1.165, 1.54) is 0 Å². The number of aromatic nitrogens is 1. The van der Waals surface area contributed by atoms with Crippen molar-refractivity contribution < 1.29 is 14.6 Å². The highest BCUT2D eigenvalue weighted by Gasteiger charge is 2.05. The van der Waals surface area contributed by atoms with Crippen LogP contribution in [-0.2, 0) is 11.2 Å². The summed E-state index contributed by atoms with van der Waals surface area (Å²) in [5.74, 6) is 0.678. The summed E-state index contributed by atoms with van der Waals surface area (Å²) >= 11 is 0. The molecule has 0 saturated carbocycles. The highest BCUT2D eigenvalue weighted by atomic mass is 16.5. The Morgan fingerprint density at radius 2 is 1.90 bits per heavy atom. The number of benzene rings is 1. The van der Waals surface area contributed by atoms with E-state index in [9.17, 15) is 5.11 Å². The largest absolute Gasteiger partial charge is 0.491 e. The Kier molecular flexibility index (Phi) is 5.99. The minimum atomic E-state index is -0.661. The van der Waals surface area contributed by atoms with E-state index in [2.05, 4.69) is 4.98 Å². The first-order valence-corrected chi connectivity index (χ1v) is 6.88. The average molecular weight is 288 g/mol. The number of anilines is 1. The zero-order chi connectivity index (χ0) is 14.9. The Morgan fingerprint density at radius 1 is 1.10 bits per heavy atom. The van der Waals surface area contributed by atoms with Gasteiger partial charge in [0.25, 0.3) is 0 Å². The number of aliphatic hydroxyl groups excluding tert-OH is 1. The van der Waals surface area contributed by atoms with E-state index in [0.29, 0.717) is 18.0 Å². The van der Waals surface area contributed by atoms with Gasteiger partial charge in [-0.15, -0.1) is 0 Å². The van der Waals surface area contributed by atoms with Gasteiger partial charge in [0.05, 0.1) is 13.2 Å². The van der Waals surface area contributed by atoms with E-state index in [0.717, 1.165) is 12.1 Å². The molecule has 0 saturated heterocycles. The van der Waals surface area contributed by atoms with Gasteiger partial charge in [0, 0.05) is 24.0 Å². The third-order valence-electron chi connectivity index (χ3n) is 2.86. The standard InChI is InChI=1S/C16H20N2O3/c17-13-4-6-16(7-5-13)21-12-15(19)11-20-10-8-14-3-1-2-9-18-14/h1-7,9,15,19H,8,10-12,17H2. The summed E-state index contributed by atoms with van der Waals surface area (Å²) in [5.41, 5.74) is 7.24. The molecule has 0 aliphatic carbocycles. The molecule has 1 atom stereocenters. The molecule has 0 amide bonds. The Hall–Kier alpha value is -2.11. The number of nitrogen functional groups attached to an aromatic ring is 1.